The summed E-state index contributed by atoms with van der Waals surface area (Å²) in [7, 11) is -4.07. The van der Waals surface area contributed by atoms with Crippen molar-refractivity contribution in [2.24, 2.45) is 0 Å². The summed E-state index contributed by atoms with van der Waals surface area (Å²) in [4.78, 5) is 23.6. The van der Waals surface area contributed by atoms with E-state index in [-0.39, 0.29) is 23.4 Å². The van der Waals surface area contributed by atoms with Crippen LogP contribution in [0.15, 0.2) is 65.8 Å². The summed E-state index contributed by atoms with van der Waals surface area (Å²) in [6.45, 7) is 10.1. The van der Waals surface area contributed by atoms with E-state index in [2.05, 4.69) is 9.97 Å². The van der Waals surface area contributed by atoms with Crippen LogP contribution in [0.1, 0.15) is 49.2 Å². The quantitative estimate of drug-likeness (QED) is 0.451. The van der Waals surface area contributed by atoms with Crippen molar-refractivity contribution < 1.29 is 13.2 Å². The Labute approximate surface area is 202 Å². The smallest absolute Gasteiger partial charge is 0.282 e. The second-order valence-electron chi connectivity index (χ2n) is 8.61. The van der Waals surface area contributed by atoms with Gasteiger partial charge in [-0.3, -0.25) is 14.1 Å². The zero-order chi connectivity index (χ0) is 24.9. The highest BCUT2D eigenvalue weighted by Gasteiger charge is 2.30. The average Bonchev–Trinajstić information content (AvgIpc) is 2.81. The molecular formula is C26H32N4O3S. The number of benzene rings is 1. The molecule has 3 rings (SSSR count). The number of carbonyl (C=O) groups is 1. The number of nitrogens with zero attached hydrogens (tertiary/aromatic N) is 4. The number of likely N-dealkylation sites (N-methyl/N-ethyl adjacent to an activating group) is 1. The van der Waals surface area contributed by atoms with Crippen LogP contribution in [0.5, 0.6) is 0 Å². The lowest BCUT2D eigenvalue weighted by Gasteiger charge is -2.27. The van der Waals surface area contributed by atoms with Crippen molar-refractivity contribution in [3.63, 3.8) is 0 Å². The maximum atomic E-state index is 13.6. The van der Waals surface area contributed by atoms with E-state index in [0.717, 1.165) is 26.8 Å². The van der Waals surface area contributed by atoms with Crippen LogP contribution in [0.2, 0.25) is 0 Å². The van der Waals surface area contributed by atoms with Gasteiger partial charge in [0, 0.05) is 18.4 Å². The van der Waals surface area contributed by atoms with E-state index in [1.54, 1.807) is 29.3 Å². The fourth-order valence-electron chi connectivity index (χ4n) is 3.51. The highest BCUT2D eigenvalue weighted by atomic mass is 32.2. The van der Waals surface area contributed by atoms with Crippen LogP contribution in [-0.4, -0.2) is 42.3 Å². The zero-order valence-corrected chi connectivity index (χ0v) is 21.2. The van der Waals surface area contributed by atoms with Crippen LogP contribution in [0.3, 0.4) is 0 Å². The molecule has 0 saturated heterocycles. The minimum Gasteiger partial charge on any atom is -0.336 e. The molecule has 2 heterocycles. The van der Waals surface area contributed by atoms with Gasteiger partial charge in [0.25, 0.3) is 10.0 Å². The van der Waals surface area contributed by atoms with Crippen molar-refractivity contribution in [3.05, 3.63) is 83.3 Å². The van der Waals surface area contributed by atoms with Gasteiger partial charge in [-0.05, 0) is 62.6 Å². The Bertz CT molecular complexity index is 1220. The summed E-state index contributed by atoms with van der Waals surface area (Å²) in [5, 5.41) is -0.0892. The number of hydrogen-bond donors (Lipinski definition) is 0. The van der Waals surface area contributed by atoms with Gasteiger partial charge in [-0.1, -0.05) is 43.7 Å². The third-order valence-corrected chi connectivity index (χ3v) is 7.30. The van der Waals surface area contributed by atoms with E-state index in [1.807, 2.05) is 65.0 Å². The maximum Gasteiger partial charge on any atom is 0.282 e. The molecule has 0 bridgehead atoms. The Morgan fingerprint density at radius 1 is 1.00 bits per heavy atom. The van der Waals surface area contributed by atoms with Crippen LogP contribution in [0.4, 0.5) is 5.69 Å². The molecular weight excluding hydrogens is 448 g/mol. The van der Waals surface area contributed by atoms with Crippen LogP contribution < -0.4 is 4.31 Å². The number of sulfonamides is 1. The Morgan fingerprint density at radius 3 is 2.26 bits per heavy atom. The van der Waals surface area contributed by atoms with Crippen molar-refractivity contribution in [2.75, 3.05) is 17.4 Å². The van der Waals surface area contributed by atoms with Crippen LogP contribution in [-0.2, 0) is 21.4 Å². The standard InChI is InChI=1S/C26H32N4O3S/c1-6-29(17-23-9-7-8-21(5)28-23)26(31)18-30(24-13-10-20(4)11-14-24)34(32,33)25-15-12-22(16-27-25)19(2)3/h7-16,19H,6,17-18H2,1-5H3. The van der Waals surface area contributed by atoms with Gasteiger partial charge in [-0.15, -0.1) is 0 Å². The van der Waals surface area contributed by atoms with Gasteiger partial charge in [0.15, 0.2) is 5.03 Å². The molecule has 0 unspecified atom stereocenters. The third kappa shape index (κ3) is 5.99. The molecule has 0 aliphatic carbocycles. The first-order valence-electron chi connectivity index (χ1n) is 11.4. The largest absolute Gasteiger partial charge is 0.336 e. The summed E-state index contributed by atoms with van der Waals surface area (Å²) >= 11 is 0. The van der Waals surface area contributed by atoms with Gasteiger partial charge in [0.1, 0.15) is 6.54 Å². The molecule has 2 aromatic heterocycles. The molecule has 180 valence electrons. The molecule has 0 saturated carbocycles. The number of rotatable bonds is 9. The van der Waals surface area contributed by atoms with Gasteiger partial charge in [0.05, 0.1) is 17.9 Å². The van der Waals surface area contributed by atoms with Gasteiger partial charge in [0.2, 0.25) is 5.91 Å². The van der Waals surface area contributed by atoms with Gasteiger partial charge in [-0.25, -0.2) is 4.98 Å². The first-order valence-corrected chi connectivity index (χ1v) is 12.8. The number of hydrogen-bond acceptors (Lipinski definition) is 5. The predicted octanol–water partition coefficient (Wildman–Crippen LogP) is 4.46. The van der Waals surface area contributed by atoms with Gasteiger partial charge in [-0.2, -0.15) is 8.42 Å². The molecule has 8 heteroatoms. The fraction of sp³-hybridized carbons (Fsp3) is 0.346. The summed E-state index contributed by atoms with van der Waals surface area (Å²) in [5.74, 6) is -0.0823. The molecule has 0 atom stereocenters. The second kappa shape index (κ2) is 10.8. The van der Waals surface area contributed by atoms with Crippen molar-refractivity contribution in [3.8, 4) is 0 Å². The van der Waals surface area contributed by atoms with Crippen LogP contribution in [0, 0.1) is 13.8 Å². The topological polar surface area (TPSA) is 83.5 Å². The normalized spacial score (nSPS) is 11.5. The van der Waals surface area contributed by atoms with E-state index in [1.165, 1.54) is 6.07 Å². The molecule has 34 heavy (non-hydrogen) atoms. The van der Waals surface area contributed by atoms with Crippen molar-refractivity contribution in [1.82, 2.24) is 14.9 Å². The maximum absolute atomic E-state index is 13.6. The summed E-state index contributed by atoms with van der Waals surface area (Å²) < 4.78 is 28.4. The van der Waals surface area contributed by atoms with Crippen LogP contribution in [0.25, 0.3) is 0 Å². The first kappa shape index (κ1) is 25.4. The van der Waals surface area contributed by atoms with Gasteiger partial charge >= 0.3 is 0 Å². The average molecular weight is 481 g/mol. The SMILES string of the molecule is CCN(Cc1cccc(C)n1)C(=O)CN(c1ccc(C)cc1)S(=O)(=O)c1ccc(C(C)C)cn1. The number of anilines is 1. The zero-order valence-electron chi connectivity index (χ0n) is 20.4. The lowest BCUT2D eigenvalue weighted by atomic mass is 10.1. The Balaban J connectivity index is 1.94. The van der Waals surface area contributed by atoms with E-state index in [9.17, 15) is 13.2 Å². The molecule has 0 aliphatic heterocycles. The fourth-order valence-corrected chi connectivity index (χ4v) is 4.84. The van der Waals surface area contributed by atoms with Crippen molar-refractivity contribution in [1.29, 1.82) is 0 Å². The molecule has 3 aromatic rings. The van der Waals surface area contributed by atoms with Crippen LogP contribution >= 0.6 is 0 Å². The number of amides is 1. The number of pyridine rings is 2. The molecule has 0 fully saturated rings. The van der Waals surface area contributed by atoms with Crippen molar-refractivity contribution >= 4 is 21.6 Å². The van der Waals surface area contributed by atoms with E-state index in [4.69, 9.17) is 0 Å². The van der Waals surface area contributed by atoms with E-state index < -0.39 is 10.0 Å². The summed E-state index contributed by atoms with van der Waals surface area (Å²) in [5.41, 5.74) is 3.97. The molecule has 0 aliphatic rings. The summed E-state index contributed by atoms with van der Waals surface area (Å²) in [6.07, 6.45) is 1.58. The first-order chi connectivity index (χ1) is 16.1. The monoisotopic (exact) mass is 480 g/mol. The Hall–Kier alpha value is -3.26. The summed E-state index contributed by atoms with van der Waals surface area (Å²) in [6, 6.07) is 16.0. The van der Waals surface area contributed by atoms with Gasteiger partial charge < -0.3 is 4.90 Å². The number of carbonyl (C=O) groups excluding carboxylic acids is 1. The highest BCUT2D eigenvalue weighted by Crippen LogP contribution is 2.24. The van der Waals surface area contributed by atoms with Crippen molar-refractivity contribution in [2.45, 2.75) is 52.1 Å². The molecule has 0 radical (unpaired) electrons. The molecule has 1 amide bonds. The molecule has 7 nitrogen and oxygen atoms in total. The Kier molecular flexibility index (Phi) is 8.04. The number of aryl methyl sites for hydroxylation is 2. The van der Waals surface area contributed by atoms with E-state index in [0.29, 0.717) is 18.8 Å². The second-order valence-corrected chi connectivity index (χ2v) is 10.4. The minimum atomic E-state index is -4.07. The predicted molar refractivity (Wildman–Crippen MR) is 134 cm³/mol. The molecule has 0 N–H and O–H groups in total. The lowest BCUT2D eigenvalue weighted by molar-refractivity contribution is -0.130. The number of aromatic nitrogens is 2. The Morgan fingerprint density at radius 2 is 1.71 bits per heavy atom. The molecule has 1 aromatic carbocycles. The lowest BCUT2D eigenvalue weighted by Crippen LogP contribution is -2.43. The molecule has 0 spiro atoms. The highest BCUT2D eigenvalue weighted by molar-refractivity contribution is 7.92. The van der Waals surface area contributed by atoms with E-state index >= 15 is 0 Å². The minimum absolute atomic E-state index is 0.0892. The third-order valence-electron chi connectivity index (χ3n) is 5.61.